The lowest BCUT2D eigenvalue weighted by atomic mass is 10.1. The molecule has 0 unspecified atom stereocenters. The normalized spacial score (nSPS) is 12.9. The third kappa shape index (κ3) is 4.81. The number of benzene rings is 2. The number of carbonyl (C=O) groups excluding carboxylic acids is 1. The summed E-state index contributed by atoms with van der Waals surface area (Å²) in [5.74, 6) is 0.710. The number of furan rings is 1. The minimum atomic E-state index is -3.51. The van der Waals surface area contributed by atoms with E-state index >= 15 is 0 Å². The third-order valence-electron chi connectivity index (χ3n) is 5.26. The van der Waals surface area contributed by atoms with Crippen molar-refractivity contribution in [1.29, 1.82) is 0 Å². The first-order valence-electron chi connectivity index (χ1n) is 10.2. The summed E-state index contributed by atoms with van der Waals surface area (Å²) in [7, 11) is -3.51. The number of hydrogen-bond donors (Lipinski definition) is 1. The van der Waals surface area contributed by atoms with Gasteiger partial charge in [0.2, 0.25) is 10.0 Å². The number of para-hydroxylation sites is 1. The average Bonchev–Trinajstić information content (AvgIpc) is 3.13. The Morgan fingerprint density at radius 2 is 1.74 bits per heavy atom. The van der Waals surface area contributed by atoms with Crippen molar-refractivity contribution in [3.63, 3.8) is 0 Å². The predicted octanol–water partition coefficient (Wildman–Crippen LogP) is 4.82. The fraction of sp³-hybridized carbons (Fsp3) is 0.348. The molecule has 3 rings (SSSR count). The van der Waals surface area contributed by atoms with Gasteiger partial charge in [-0.1, -0.05) is 44.2 Å². The number of nitrogens with one attached hydrogen (secondary N) is 1. The summed E-state index contributed by atoms with van der Waals surface area (Å²) in [5.41, 5.74) is 2.39. The van der Waals surface area contributed by atoms with Gasteiger partial charge in [0.25, 0.3) is 5.91 Å². The molecule has 31 heavy (non-hydrogen) atoms. The number of hydrogen-bond acceptors (Lipinski definition) is 5. The van der Waals surface area contributed by atoms with E-state index in [4.69, 9.17) is 4.42 Å². The zero-order chi connectivity index (χ0) is 22.6. The maximum Gasteiger partial charge on any atom is 0.287 e. The Bertz CT molecular complexity index is 1150. The molecule has 1 aromatic heterocycles. The molecule has 1 atom stereocenters. The van der Waals surface area contributed by atoms with E-state index in [0.717, 1.165) is 16.5 Å². The molecule has 1 heterocycles. The lowest BCUT2D eigenvalue weighted by Gasteiger charge is -2.19. The standard InChI is InChI=1S/C23H28N2O4S2/c1-5-25(6-2)31(27,28)18-13-11-17(12-14-18)16(3)24-23(26)22-20(15-30-4)19-9-7-8-10-21(19)29-22/h7-14,16H,5-6,15H2,1-4H3,(H,24,26)/t16-/m1/s1. The predicted molar refractivity (Wildman–Crippen MR) is 126 cm³/mol. The van der Waals surface area contributed by atoms with Crippen LogP contribution in [0.4, 0.5) is 0 Å². The molecule has 2 aromatic carbocycles. The number of thioether (sulfide) groups is 1. The van der Waals surface area contributed by atoms with Crippen LogP contribution in [0.3, 0.4) is 0 Å². The van der Waals surface area contributed by atoms with E-state index < -0.39 is 10.0 Å². The Morgan fingerprint density at radius 1 is 1.10 bits per heavy atom. The van der Waals surface area contributed by atoms with E-state index in [-0.39, 0.29) is 16.8 Å². The number of fused-ring (bicyclic) bond motifs is 1. The molecular weight excluding hydrogens is 432 g/mol. The highest BCUT2D eigenvalue weighted by atomic mass is 32.2. The fourth-order valence-corrected chi connectivity index (χ4v) is 5.59. The van der Waals surface area contributed by atoms with Crippen LogP contribution in [0.2, 0.25) is 0 Å². The molecule has 166 valence electrons. The topological polar surface area (TPSA) is 79.6 Å². The quantitative estimate of drug-likeness (QED) is 0.495. The maximum atomic E-state index is 13.0. The van der Waals surface area contributed by atoms with E-state index in [0.29, 0.717) is 30.2 Å². The lowest BCUT2D eigenvalue weighted by molar-refractivity contribution is 0.0913. The molecule has 3 aromatic rings. The van der Waals surface area contributed by atoms with E-state index in [1.807, 2.05) is 51.3 Å². The van der Waals surface area contributed by atoms with Crippen molar-refractivity contribution >= 4 is 38.7 Å². The van der Waals surface area contributed by atoms with Crippen LogP contribution in [-0.4, -0.2) is 38.0 Å². The number of nitrogens with zero attached hydrogens (tertiary/aromatic N) is 1. The Labute approximate surface area is 188 Å². The van der Waals surface area contributed by atoms with Gasteiger partial charge in [0, 0.05) is 29.8 Å². The molecule has 6 nitrogen and oxygen atoms in total. The molecular formula is C23H28N2O4S2. The van der Waals surface area contributed by atoms with Gasteiger partial charge in [-0.05, 0) is 36.9 Å². The largest absolute Gasteiger partial charge is 0.451 e. The minimum Gasteiger partial charge on any atom is -0.451 e. The van der Waals surface area contributed by atoms with Gasteiger partial charge in [0.05, 0.1) is 10.9 Å². The summed E-state index contributed by atoms with van der Waals surface area (Å²) in [6, 6.07) is 14.0. The first kappa shape index (κ1) is 23.4. The van der Waals surface area contributed by atoms with Crippen LogP contribution in [0.15, 0.2) is 57.8 Å². The monoisotopic (exact) mass is 460 g/mol. The van der Waals surface area contributed by atoms with Crippen LogP contribution in [-0.2, 0) is 15.8 Å². The van der Waals surface area contributed by atoms with Gasteiger partial charge in [0.15, 0.2) is 5.76 Å². The summed E-state index contributed by atoms with van der Waals surface area (Å²) in [4.78, 5) is 13.2. The third-order valence-corrected chi connectivity index (χ3v) is 7.91. The van der Waals surface area contributed by atoms with Crippen LogP contribution in [0.25, 0.3) is 11.0 Å². The molecule has 0 spiro atoms. The van der Waals surface area contributed by atoms with Crippen LogP contribution < -0.4 is 5.32 Å². The van der Waals surface area contributed by atoms with Gasteiger partial charge < -0.3 is 9.73 Å². The van der Waals surface area contributed by atoms with Crippen LogP contribution >= 0.6 is 11.8 Å². The molecule has 0 saturated heterocycles. The molecule has 1 N–H and O–H groups in total. The smallest absolute Gasteiger partial charge is 0.287 e. The van der Waals surface area contributed by atoms with Gasteiger partial charge in [-0.2, -0.15) is 16.1 Å². The van der Waals surface area contributed by atoms with Crippen molar-refractivity contribution in [2.24, 2.45) is 0 Å². The van der Waals surface area contributed by atoms with E-state index in [1.165, 1.54) is 4.31 Å². The second-order valence-corrected chi connectivity index (χ2v) is 10.00. The molecule has 0 bridgehead atoms. The molecule has 0 radical (unpaired) electrons. The van der Waals surface area contributed by atoms with Crippen molar-refractivity contribution in [1.82, 2.24) is 9.62 Å². The number of carbonyl (C=O) groups is 1. The second-order valence-electron chi connectivity index (χ2n) is 7.19. The second kappa shape index (κ2) is 9.89. The molecule has 0 aliphatic carbocycles. The molecule has 1 amide bonds. The van der Waals surface area contributed by atoms with E-state index in [9.17, 15) is 13.2 Å². The maximum absolute atomic E-state index is 13.0. The zero-order valence-corrected chi connectivity index (χ0v) is 19.8. The van der Waals surface area contributed by atoms with Crippen molar-refractivity contribution in [2.45, 2.75) is 37.5 Å². The highest BCUT2D eigenvalue weighted by molar-refractivity contribution is 7.97. The summed E-state index contributed by atoms with van der Waals surface area (Å²) in [6.07, 6.45) is 1.99. The van der Waals surface area contributed by atoms with Crippen LogP contribution in [0, 0.1) is 0 Å². The summed E-state index contributed by atoms with van der Waals surface area (Å²) in [6.45, 7) is 6.33. The molecule has 0 aliphatic heterocycles. The lowest BCUT2D eigenvalue weighted by Crippen LogP contribution is -2.30. The van der Waals surface area contributed by atoms with Crippen LogP contribution in [0.5, 0.6) is 0 Å². The van der Waals surface area contributed by atoms with Crippen molar-refractivity contribution < 1.29 is 17.6 Å². The number of amides is 1. The minimum absolute atomic E-state index is 0.248. The molecule has 0 saturated carbocycles. The van der Waals surface area contributed by atoms with Gasteiger partial charge in [-0.15, -0.1) is 0 Å². The first-order valence-corrected chi connectivity index (χ1v) is 13.1. The van der Waals surface area contributed by atoms with Crippen LogP contribution in [0.1, 0.15) is 48.5 Å². The summed E-state index contributed by atoms with van der Waals surface area (Å²) in [5, 5.41) is 3.92. The van der Waals surface area contributed by atoms with Gasteiger partial charge in [-0.3, -0.25) is 4.79 Å². The average molecular weight is 461 g/mol. The van der Waals surface area contributed by atoms with Crippen molar-refractivity contribution in [3.8, 4) is 0 Å². The first-order chi connectivity index (χ1) is 14.8. The summed E-state index contributed by atoms with van der Waals surface area (Å²) < 4.78 is 32.6. The van der Waals surface area contributed by atoms with E-state index in [1.54, 1.807) is 36.0 Å². The van der Waals surface area contributed by atoms with Gasteiger partial charge in [-0.25, -0.2) is 8.42 Å². The highest BCUT2D eigenvalue weighted by Crippen LogP contribution is 2.29. The Hall–Kier alpha value is -2.29. The van der Waals surface area contributed by atoms with E-state index in [2.05, 4.69) is 5.32 Å². The Kier molecular flexibility index (Phi) is 7.46. The van der Waals surface area contributed by atoms with Gasteiger partial charge in [0.1, 0.15) is 5.58 Å². The van der Waals surface area contributed by atoms with Crippen molar-refractivity contribution in [2.75, 3.05) is 19.3 Å². The fourth-order valence-electron chi connectivity index (χ4n) is 3.56. The van der Waals surface area contributed by atoms with Crippen molar-refractivity contribution in [3.05, 3.63) is 65.4 Å². The van der Waals surface area contributed by atoms with Gasteiger partial charge >= 0.3 is 0 Å². The Morgan fingerprint density at radius 3 is 2.35 bits per heavy atom. The number of rotatable bonds is 9. The Balaban J connectivity index is 1.81. The summed E-state index contributed by atoms with van der Waals surface area (Å²) >= 11 is 1.63. The molecule has 8 heteroatoms. The molecule has 0 fully saturated rings. The number of sulfonamides is 1. The molecule has 0 aliphatic rings. The SMILES string of the molecule is CCN(CC)S(=O)(=O)c1ccc([C@@H](C)NC(=O)c2oc3ccccc3c2CSC)cc1. The highest BCUT2D eigenvalue weighted by Gasteiger charge is 2.23. The zero-order valence-electron chi connectivity index (χ0n) is 18.2.